The Morgan fingerprint density at radius 1 is 1.64 bits per heavy atom. The van der Waals surface area contributed by atoms with E-state index in [1.54, 1.807) is 11.8 Å². The molecule has 0 aromatic rings. The SMILES string of the molecule is CCC1=C(C(C)C)NC(N)S1. The highest BCUT2D eigenvalue weighted by Gasteiger charge is 2.21. The molecule has 0 saturated carbocycles. The van der Waals surface area contributed by atoms with Crippen LogP contribution in [0, 0.1) is 5.92 Å². The molecule has 2 nitrogen and oxygen atoms in total. The molecule has 0 aromatic carbocycles. The number of thioether (sulfide) groups is 1. The van der Waals surface area contributed by atoms with E-state index in [4.69, 9.17) is 5.73 Å². The van der Waals surface area contributed by atoms with Gasteiger partial charge in [0.2, 0.25) is 0 Å². The maximum Gasteiger partial charge on any atom is 0.127 e. The summed E-state index contributed by atoms with van der Waals surface area (Å²) in [6.07, 6.45) is 1.10. The molecule has 1 heterocycles. The van der Waals surface area contributed by atoms with Crippen molar-refractivity contribution in [2.45, 2.75) is 32.7 Å². The second kappa shape index (κ2) is 3.50. The molecule has 0 amide bonds. The van der Waals surface area contributed by atoms with E-state index < -0.39 is 0 Å². The maximum atomic E-state index is 5.74. The van der Waals surface area contributed by atoms with Crippen LogP contribution in [0.2, 0.25) is 0 Å². The van der Waals surface area contributed by atoms with Gasteiger partial charge in [-0.15, -0.1) is 0 Å². The second-order valence-electron chi connectivity index (χ2n) is 3.03. The molecule has 64 valence electrons. The van der Waals surface area contributed by atoms with E-state index in [1.807, 2.05) is 0 Å². The lowest BCUT2D eigenvalue weighted by atomic mass is 10.1. The van der Waals surface area contributed by atoms with Crippen LogP contribution in [-0.2, 0) is 0 Å². The van der Waals surface area contributed by atoms with Crippen molar-refractivity contribution in [2.75, 3.05) is 0 Å². The number of allylic oxidation sites excluding steroid dienone is 2. The van der Waals surface area contributed by atoms with Crippen molar-refractivity contribution in [3.8, 4) is 0 Å². The first-order valence-electron chi connectivity index (χ1n) is 4.07. The van der Waals surface area contributed by atoms with E-state index in [0.29, 0.717) is 5.92 Å². The van der Waals surface area contributed by atoms with Crippen molar-refractivity contribution >= 4 is 11.8 Å². The summed E-state index contributed by atoms with van der Waals surface area (Å²) in [5.74, 6) is 0.575. The van der Waals surface area contributed by atoms with Gasteiger partial charge < -0.3 is 11.1 Å². The van der Waals surface area contributed by atoms with Crippen LogP contribution >= 0.6 is 11.8 Å². The molecule has 3 N–H and O–H groups in total. The molecule has 11 heavy (non-hydrogen) atoms. The molecule has 0 bridgehead atoms. The fourth-order valence-corrected chi connectivity index (χ4v) is 2.32. The van der Waals surface area contributed by atoms with Gasteiger partial charge in [0.05, 0.1) is 0 Å². The number of nitrogens with one attached hydrogen (secondary N) is 1. The van der Waals surface area contributed by atoms with Gasteiger partial charge in [0.1, 0.15) is 5.50 Å². The Bertz CT molecular complexity index is 175. The quantitative estimate of drug-likeness (QED) is 0.667. The first kappa shape index (κ1) is 8.94. The third-order valence-electron chi connectivity index (χ3n) is 1.77. The Morgan fingerprint density at radius 3 is 2.64 bits per heavy atom. The van der Waals surface area contributed by atoms with Crippen molar-refractivity contribution in [1.29, 1.82) is 0 Å². The Labute approximate surface area is 72.6 Å². The number of nitrogens with two attached hydrogens (primary N) is 1. The lowest BCUT2D eigenvalue weighted by Gasteiger charge is -2.10. The van der Waals surface area contributed by atoms with Crippen molar-refractivity contribution in [3.63, 3.8) is 0 Å². The Kier molecular flexibility index (Phi) is 2.84. The average Bonchev–Trinajstić information content (AvgIpc) is 2.30. The summed E-state index contributed by atoms with van der Waals surface area (Å²) in [5.41, 5.74) is 7.16. The molecular weight excluding hydrogens is 156 g/mol. The molecule has 1 unspecified atom stereocenters. The highest BCUT2D eigenvalue weighted by atomic mass is 32.2. The summed E-state index contributed by atoms with van der Waals surface area (Å²) in [4.78, 5) is 1.42. The van der Waals surface area contributed by atoms with E-state index in [-0.39, 0.29) is 5.50 Å². The van der Waals surface area contributed by atoms with Crippen LogP contribution in [0.5, 0.6) is 0 Å². The predicted octanol–water partition coefficient (Wildman–Crippen LogP) is 1.84. The first-order valence-corrected chi connectivity index (χ1v) is 4.95. The summed E-state index contributed by atoms with van der Waals surface area (Å²) < 4.78 is 0. The molecule has 0 fully saturated rings. The third-order valence-corrected chi connectivity index (χ3v) is 2.93. The zero-order chi connectivity index (χ0) is 8.43. The Balaban J connectivity index is 2.71. The molecule has 1 atom stereocenters. The third kappa shape index (κ3) is 1.91. The maximum absolute atomic E-state index is 5.74. The number of hydrogen-bond donors (Lipinski definition) is 2. The lowest BCUT2D eigenvalue weighted by Crippen LogP contribution is -2.30. The van der Waals surface area contributed by atoms with Gasteiger partial charge in [-0.1, -0.05) is 32.5 Å². The van der Waals surface area contributed by atoms with Crippen LogP contribution in [-0.4, -0.2) is 5.50 Å². The van der Waals surface area contributed by atoms with Crippen LogP contribution in [0.1, 0.15) is 27.2 Å². The fourth-order valence-electron chi connectivity index (χ4n) is 1.24. The molecular formula is C8H16N2S. The summed E-state index contributed by atoms with van der Waals surface area (Å²) >= 11 is 1.75. The zero-order valence-electron chi connectivity index (χ0n) is 7.35. The van der Waals surface area contributed by atoms with Crippen LogP contribution in [0.15, 0.2) is 10.6 Å². The molecule has 0 saturated heterocycles. The minimum absolute atomic E-state index is 0.0855. The van der Waals surface area contributed by atoms with Crippen molar-refractivity contribution in [1.82, 2.24) is 5.32 Å². The number of hydrogen-bond acceptors (Lipinski definition) is 3. The van der Waals surface area contributed by atoms with Gasteiger partial charge in [-0.2, -0.15) is 0 Å². The second-order valence-corrected chi connectivity index (χ2v) is 4.26. The van der Waals surface area contributed by atoms with Gasteiger partial charge in [-0.25, -0.2) is 0 Å². The minimum atomic E-state index is 0.0855. The molecule has 0 aromatic heterocycles. The van der Waals surface area contributed by atoms with Crippen LogP contribution < -0.4 is 11.1 Å². The molecule has 1 aliphatic rings. The van der Waals surface area contributed by atoms with Gasteiger partial charge in [0.25, 0.3) is 0 Å². The summed E-state index contributed by atoms with van der Waals surface area (Å²) in [6, 6.07) is 0. The van der Waals surface area contributed by atoms with Gasteiger partial charge in [-0.05, 0) is 12.3 Å². The molecule has 0 aliphatic carbocycles. The zero-order valence-corrected chi connectivity index (χ0v) is 8.16. The summed E-state index contributed by atoms with van der Waals surface area (Å²) in [7, 11) is 0. The van der Waals surface area contributed by atoms with Gasteiger partial charge >= 0.3 is 0 Å². The predicted molar refractivity (Wildman–Crippen MR) is 50.9 cm³/mol. The molecule has 3 heteroatoms. The largest absolute Gasteiger partial charge is 0.364 e. The van der Waals surface area contributed by atoms with E-state index >= 15 is 0 Å². The topological polar surface area (TPSA) is 38.0 Å². The van der Waals surface area contributed by atoms with E-state index in [1.165, 1.54) is 10.6 Å². The lowest BCUT2D eigenvalue weighted by molar-refractivity contribution is 0.646. The summed E-state index contributed by atoms with van der Waals surface area (Å²) in [6.45, 7) is 6.55. The Hall–Kier alpha value is -0.150. The van der Waals surface area contributed by atoms with Gasteiger partial charge in [0, 0.05) is 10.6 Å². The van der Waals surface area contributed by atoms with Gasteiger partial charge in [-0.3, -0.25) is 0 Å². The van der Waals surface area contributed by atoms with E-state index in [0.717, 1.165) is 6.42 Å². The van der Waals surface area contributed by atoms with Crippen LogP contribution in [0.25, 0.3) is 0 Å². The van der Waals surface area contributed by atoms with Crippen LogP contribution in [0.4, 0.5) is 0 Å². The van der Waals surface area contributed by atoms with Gasteiger partial charge in [0.15, 0.2) is 0 Å². The highest BCUT2D eigenvalue weighted by Crippen LogP contribution is 2.33. The monoisotopic (exact) mass is 172 g/mol. The normalized spacial score (nSPS) is 24.6. The number of rotatable bonds is 2. The smallest absolute Gasteiger partial charge is 0.127 e. The van der Waals surface area contributed by atoms with Crippen LogP contribution in [0.3, 0.4) is 0 Å². The molecule has 1 aliphatic heterocycles. The van der Waals surface area contributed by atoms with Crippen molar-refractivity contribution in [2.24, 2.45) is 11.7 Å². The summed E-state index contributed by atoms with van der Waals surface area (Å²) in [5, 5.41) is 3.27. The van der Waals surface area contributed by atoms with E-state index in [9.17, 15) is 0 Å². The molecule has 1 rings (SSSR count). The van der Waals surface area contributed by atoms with E-state index in [2.05, 4.69) is 26.1 Å². The fraction of sp³-hybridized carbons (Fsp3) is 0.750. The average molecular weight is 172 g/mol. The standard InChI is InChI=1S/C8H16N2S/c1-4-6-7(5(2)3)10-8(9)11-6/h5,8,10H,4,9H2,1-3H3. The van der Waals surface area contributed by atoms with Crippen molar-refractivity contribution < 1.29 is 0 Å². The van der Waals surface area contributed by atoms with Crippen molar-refractivity contribution in [3.05, 3.63) is 10.6 Å². The molecule has 0 spiro atoms. The highest BCUT2D eigenvalue weighted by molar-refractivity contribution is 8.03. The molecule has 0 radical (unpaired) electrons. The minimum Gasteiger partial charge on any atom is -0.364 e. The first-order chi connectivity index (χ1) is 5.15. The Morgan fingerprint density at radius 2 is 2.27 bits per heavy atom.